The van der Waals surface area contributed by atoms with Gasteiger partial charge < -0.3 is 5.73 Å². The van der Waals surface area contributed by atoms with E-state index in [1.165, 1.54) is 23.6 Å². The maximum Gasteiger partial charge on any atom is 0.242 e. The smallest absolute Gasteiger partial charge is 0.242 e. The van der Waals surface area contributed by atoms with Gasteiger partial charge in [-0.2, -0.15) is 0 Å². The van der Waals surface area contributed by atoms with Gasteiger partial charge in [0.25, 0.3) is 0 Å². The van der Waals surface area contributed by atoms with Crippen LogP contribution >= 0.6 is 22.9 Å². The van der Waals surface area contributed by atoms with Crippen molar-refractivity contribution in [3.63, 3.8) is 0 Å². The van der Waals surface area contributed by atoms with Crippen molar-refractivity contribution in [1.82, 2.24) is 14.7 Å². The van der Waals surface area contributed by atoms with Gasteiger partial charge in [-0.1, -0.05) is 18.5 Å². The van der Waals surface area contributed by atoms with Crippen LogP contribution < -0.4 is 10.5 Å². The Morgan fingerprint density at radius 3 is 2.71 bits per heavy atom. The summed E-state index contributed by atoms with van der Waals surface area (Å²) in [5.74, 6) is 0.0937. The highest BCUT2D eigenvalue weighted by Gasteiger charge is 2.21. The van der Waals surface area contributed by atoms with Crippen LogP contribution in [0, 0.1) is 0 Å². The SMILES string of the molecule is CCc1cnc(C(C)NS(=O)(=O)c2cnc(N)c(Cl)c2)s1. The van der Waals surface area contributed by atoms with E-state index in [2.05, 4.69) is 14.7 Å². The number of nitrogens with one attached hydrogen (secondary N) is 1. The highest BCUT2D eigenvalue weighted by atomic mass is 35.5. The van der Waals surface area contributed by atoms with Gasteiger partial charge in [0.2, 0.25) is 10.0 Å². The fourth-order valence-corrected chi connectivity index (χ4v) is 3.96. The van der Waals surface area contributed by atoms with Gasteiger partial charge >= 0.3 is 0 Å². The van der Waals surface area contributed by atoms with Crippen LogP contribution in [-0.2, 0) is 16.4 Å². The minimum atomic E-state index is -3.73. The molecule has 0 bridgehead atoms. The maximum absolute atomic E-state index is 12.3. The average molecular weight is 347 g/mol. The van der Waals surface area contributed by atoms with Gasteiger partial charge in [-0.05, 0) is 19.4 Å². The van der Waals surface area contributed by atoms with Crippen LogP contribution in [0.5, 0.6) is 0 Å². The number of sulfonamides is 1. The molecule has 0 radical (unpaired) electrons. The van der Waals surface area contributed by atoms with Crippen molar-refractivity contribution in [2.75, 3.05) is 5.73 Å². The summed E-state index contributed by atoms with van der Waals surface area (Å²) < 4.78 is 27.1. The topological polar surface area (TPSA) is 98.0 Å². The van der Waals surface area contributed by atoms with Crippen molar-refractivity contribution in [3.8, 4) is 0 Å². The first-order valence-electron chi connectivity index (χ1n) is 6.21. The summed E-state index contributed by atoms with van der Waals surface area (Å²) in [6.45, 7) is 3.76. The van der Waals surface area contributed by atoms with Crippen LogP contribution in [0.3, 0.4) is 0 Å². The van der Waals surface area contributed by atoms with Gasteiger partial charge in [-0.15, -0.1) is 11.3 Å². The number of rotatable bonds is 5. The van der Waals surface area contributed by atoms with Crippen molar-refractivity contribution in [2.24, 2.45) is 0 Å². The van der Waals surface area contributed by atoms with Gasteiger partial charge in [-0.25, -0.2) is 23.1 Å². The van der Waals surface area contributed by atoms with Gasteiger partial charge in [0.05, 0.1) is 11.1 Å². The number of thiazole rings is 1. The number of hydrogen-bond donors (Lipinski definition) is 2. The lowest BCUT2D eigenvalue weighted by atomic mass is 10.4. The maximum atomic E-state index is 12.3. The zero-order valence-corrected chi connectivity index (χ0v) is 13.9. The molecular formula is C12H15ClN4O2S2. The molecule has 0 aliphatic carbocycles. The molecule has 21 heavy (non-hydrogen) atoms. The highest BCUT2D eigenvalue weighted by Crippen LogP contribution is 2.24. The molecule has 0 amide bonds. The summed E-state index contributed by atoms with van der Waals surface area (Å²) >= 11 is 7.29. The van der Waals surface area contributed by atoms with Gasteiger partial charge in [0.1, 0.15) is 15.7 Å². The third-order valence-corrected chi connectivity index (χ3v) is 5.91. The zero-order chi connectivity index (χ0) is 15.6. The molecule has 0 fully saturated rings. The molecule has 3 N–H and O–H groups in total. The number of aromatic nitrogens is 2. The quantitative estimate of drug-likeness (QED) is 0.866. The summed E-state index contributed by atoms with van der Waals surface area (Å²) in [4.78, 5) is 9.06. The number of nitrogen functional groups attached to an aromatic ring is 1. The van der Waals surface area contributed by atoms with Crippen molar-refractivity contribution in [1.29, 1.82) is 0 Å². The van der Waals surface area contributed by atoms with Crippen LogP contribution in [-0.4, -0.2) is 18.4 Å². The fraction of sp³-hybridized carbons (Fsp3) is 0.333. The monoisotopic (exact) mass is 346 g/mol. The number of hydrogen-bond acceptors (Lipinski definition) is 6. The molecule has 1 atom stereocenters. The van der Waals surface area contributed by atoms with Crippen LogP contribution in [0.25, 0.3) is 0 Å². The predicted octanol–water partition coefficient (Wildman–Crippen LogP) is 2.38. The van der Waals surface area contributed by atoms with Gasteiger partial charge in [0, 0.05) is 17.3 Å². The van der Waals surface area contributed by atoms with E-state index in [0.717, 1.165) is 11.3 Å². The minimum Gasteiger partial charge on any atom is -0.382 e. The second-order valence-electron chi connectivity index (χ2n) is 4.40. The number of pyridine rings is 1. The largest absolute Gasteiger partial charge is 0.382 e. The lowest BCUT2D eigenvalue weighted by Crippen LogP contribution is -2.27. The van der Waals surface area contributed by atoms with E-state index in [1.807, 2.05) is 6.92 Å². The summed E-state index contributed by atoms with van der Waals surface area (Å²) in [5, 5.41) is 0.818. The van der Waals surface area contributed by atoms with E-state index in [4.69, 9.17) is 17.3 Å². The number of nitrogens with two attached hydrogens (primary N) is 1. The Morgan fingerprint density at radius 2 is 2.14 bits per heavy atom. The first-order chi connectivity index (χ1) is 9.83. The molecule has 9 heteroatoms. The van der Waals surface area contributed by atoms with E-state index in [9.17, 15) is 8.42 Å². The fourth-order valence-electron chi connectivity index (χ4n) is 1.62. The Balaban J connectivity index is 2.22. The summed E-state index contributed by atoms with van der Waals surface area (Å²) in [6, 6.07) is 0.842. The standard InChI is InChI=1S/C12H15ClN4O2S2/c1-3-8-5-16-12(20-8)7(2)17-21(18,19)9-4-10(13)11(14)15-6-9/h4-7,17H,3H2,1-2H3,(H2,14,15). The van der Waals surface area contributed by atoms with E-state index < -0.39 is 16.1 Å². The molecule has 2 heterocycles. The number of anilines is 1. The molecule has 0 aromatic carbocycles. The van der Waals surface area contributed by atoms with E-state index in [-0.39, 0.29) is 15.7 Å². The first-order valence-corrected chi connectivity index (χ1v) is 8.89. The third kappa shape index (κ3) is 3.70. The number of halogens is 1. The average Bonchev–Trinajstić information content (AvgIpc) is 2.90. The summed E-state index contributed by atoms with van der Waals surface area (Å²) in [7, 11) is -3.73. The number of nitrogens with zero attached hydrogens (tertiary/aromatic N) is 2. The van der Waals surface area contributed by atoms with Crippen molar-refractivity contribution < 1.29 is 8.42 Å². The second-order valence-corrected chi connectivity index (χ2v) is 7.67. The minimum absolute atomic E-state index is 0.0270. The van der Waals surface area contributed by atoms with Crippen LogP contribution in [0.15, 0.2) is 23.4 Å². The van der Waals surface area contributed by atoms with Crippen molar-refractivity contribution in [2.45, 2.75) is 31.2 Å². The molecule has 0 spiro atoms. The molecule has 1 unspecified atom stereocenters. The van der Waals surface area contributed by atoms with Crippen molar-refractivity contribution in [3.05, 3.63) is 33.4 Å². The molecule has 0 saturated carbocycles. The molecule has 6 nitrogen and oxygen atoms in total. The van der Waals surface area contributed by atoms with Crippen LogP contribution in [0.4, 0.5) is 5.82 Å². The molecule has 0 saturated heterocycles. The Hall–Kier alpha value is -1.22. The Bertz CT molecular complexity index is 745. The first kappa shape index (κ1) is 16.2. The van der Waals surface area contributed by atoms with E-state index >= 15 is 0 Å². The highest BCUT2D eigenvalue weighted by molar-refractivity contribution is 7.89. The summed E-state index contributed by atoms with van der Waals surface area (Å²) in [5.41, 5.74) is 5.48. The van der Waals surface area contributed by atoms with Gasteiger partial charge in [-0.3, -0.25) is 0 Å². The molecule has 2 aromatic heterocycles. The normalized spacial score (nSPS) is 13.3. The van der Waals surface area contributed by atoms with Crippen molar-refractivity contribution >= 4 is 38.8 Å². The Labute approximate surface area is 132 Å². The molecule has 2 aromatic rings. The predicted molar refractivity (Wildman–Crippen MR) is 83.9 cm³/mol. The van der Waals surface area contributed by atoms with Gasteiger partial charge in [0.15, 0.2) is 0 Å². The van der Waals surface area contributed by atoms with E-state index in [0.29, 0.717) is 5.01 Å². The Kier molecular flexibility index (Phi) is 4.82. The van der Waals surface area contributed by atoms with E-state index in [1.54, 1.807) is 13.1 Å². The Morgan fingerprint density at radius 1 is 1.43 bits per heavy atom. The molecule has 2 rings (SSSR count). The third-order valence-electron chi connectivity index (χ3n) is 2.78. The second kappa shape index (κ2) is 6.27. The summed E-state index contributed by atoms with van der Waals surface area (Å²) in [6.07, 6.45) is 3.80. The molecule has 114 valence electrons. The van der Waals surface area contributed by atoms with Crippen LogP contribution in [0.2, 0.25) is 5.02 Å². The lowest BCUT2D eigenvalue weighted by molar-refractivity contribution is 0.566. The molecular weight excluding hydrogens is 332 g/mol. The molecule has 0 aliphatic rings. The number of aryl methyl sites for hydroxylation is 1. The molecule has 0 aliphatic heterocycles. The van der Waals surface area contributed by atoms with Crippen LogP contribution in [0.1, 0.15) is 29.8 Å². The zero-order valence-electron chi connectivity index (χ0n) is 11.5. The lowest BCUT2D eigenvalue weighted by Gasteiger charge is -2.12.